The van der Waals surface area contributed by atoms with Gasteiger partial charge in [-0.25, -0.2) is 4.57 Å². The molecule has 0 heterocycles. The van der Waals surface area contributed by atoms with Crippen molar-refractivity contribution >= 4 is 19.8 Å². The number of phosphoric ester groups is 1. The summed E-state index contributed by atoms with van der Waals surface area (Å²) in [7, 11) is 1.45. The van der Waals surface area contributed by atoms with Crippen LogP contribution >= 0.6 is 7.82 Å². The molecular formula is C46H85NO8P+. The maximum absolute atomic E-state index is 12.7. The van der Waals surface area contributed by atoms with Gasteiger partial charge in [-0.15, -0.1) is 0 Å². The molecule has 0 aliphatic heterocycles. The van der Waals surface area contributed by atoms with Crippen LogP contribution in [0.1, 0.15) is 181 Å². The largest absolute Gasteiger partial charge is 0.472 e. The van der Waals surface area contributed by atoms with Gasteiger partial charge in [0.15, 0.2) is 6.10 Å². The highest BCUT2D eigenvalue weighted by Crippen LogP contribution is 2.43. The molecule has 9 nitrogen and oxygen atoms in total. The van der Waals surface area contributed by atoms with Crippen LogP contribution in [0.3, 0.4) is 0 Å². The van der Waals surface area contributed by atoms with Crippen molar-refractivity contribution < 1.29 is 42.1 Å². The normalized spacial score (nSPS) is 14.0. The van der Waals surface area contributed by atoms with E-state index in [0.29, 0.717) is 23.9 Å². The second-order valence-electron chi connectivity index (χ2n) is 16.1. The molecule has 1 unspecified atom stereocenters. The molecule has 0 spiro atoms. The van der Waals surface area contributed by atoms with Crippen molar-refractivity contribution in [1.29, 1.82) is 0 Å². The maximum Gasteiger partial charge on any atom is 0.472 e. The van der Waals surface area contributed by atoms with Crippen molar-refractivity contribution in [3.8, 4) is 0 Å². The summed E-state index contributed by atoms with van der Waals surface area (Å²) in [6.07, 6.45) is 44.4. The number of hydrogen-bond acceptors (Lipinski definition) is 7. The quantitative estimate of drug-likeness (QED) is 0.0214. The van der Waals surface area contributed by atoms with Gasteiger partial charge in [-0.1, -0.05) is 140 Å². The number of allylic oxidation sites excluding steroid dienone is 8. The van der Waals surface area contributed by atoms with E-state index in [1.807, 2.05) is 21.1 Å². The highest BCUT2D eigenvalue weighted by Gasteiger charge is 2.27. The lowest BCUT2D eigenvalue weighted by Crippen LogP contribution is -2.37. The van der Waals surface area contributed by atoms with Gasteiger partial charge in [-0.05, 0) is 77.0 Å². The molecule has 0 saturated carbocycles. The van der Waals surface area contributed by atoms with Gasteiger partial charge in [0.1, 0.15) is 19.8 Å². The Morgan fingerprint density at radius 1 is 0.554 bits per heavy atom. The number of quaternary nitrogens is 1. The van der Waals surface area contributed by atoms with Crippen LogP contribution in [0.2, 0.25) is 0 Å². The second-order valence-corrected chi connectivity index (χ2v) is 17.5. The molecular weight excluding hydrogens is 725 g/mol. The molecule has 56 heavy (non-hydrogen) atoms. The Morgan fingerprint density at radius 3 is 1.50 bits per heavy atom. The van der Waals surface area contributed by atoms with Crippen LogP contribution in [0.25, 0.3) is 0 Å². The third kappa shape index (κ3) is 41.6. The number of phosphoric acid groups is 1. The summed E-state index contributed by atoms with van der Waals surface area (Å²) >= 11 is 0. The van der Waals surface area contributed by atoms with Crippen molar-refractivity contribution in [1.82, 2.24) is 0 Å². The van der Waals surface area contributed by atoms with Crippen LogP contribution in [0.15, 0.2) is 48.6 Å². The van der Waals surface area contributed by atoms with Gasteiger partial charge in [-0.3, -0.25) is 18.6 Å². The number of ether oxygens (including phenoxy) is 2. The van der Waals surface area contributed by atoms with Crippen molar-refractivity contribution in [2.75, 3.05) is 47.5 Å². The van der Waals surface area contributed by atoms with Crippen molar-refractivity contribution in [2.45, 2.75) is 187 Å². The standard InChI is InChI=1S/C46H84NO8P/c1-6-8-10-12-14-16-18-20-22-23-25-26-28-30-32-34-36-38-45(48)52-42-44(43-54-56(50,51)53-41-40-47(3,4)5)55-46(49)39-37-35-33-31-29-27-24-21-19-17-15-13-11-9-7-2/h14,16,20,22,25-27,29,44H,6-13,15,17-19,21,23-24,28,30-43H2,1-5H3/p+1/b16-14+,22-20+,26-25+,29-27+/t44-/m1/s1. The number of carbonyl (C=O) groups excluding carboxylic acids is 2. The fraction of sp³-hybridized carbons (Fsp3) is 0.783. The molecule has 0 saturated heterocycles. The van der Waals surface area contributed by atoms with Crippen LogP contribution in [-0.2, 0) is 32.7 Å². The Bertz CT molecular complexity index is 1100. The van der Waals surface area contributed by atoms with Crippen LogP contribution in [-0.4, -0.2) is 74.9 Å². The van der Waals surface area contributed by atoms with E-state index in [4.69, 9.17) is 18.5 Å². The van der Waals surface area contributed by atoms with Gasteiger partial charge in [0.2, 0.25) is 0 Å². The predicted octanol–water partition coefficient (Wildman–Crippen LogP) is 12.7. The zero-order valence-electron chi connectivity index (χ0n) is 36.6. The summed E-state index contributed by atoms with van der Waals surface area (Å²) in [6.45, 7) is 4.34. The first kappa shape index (κ1) is 54.0. The van der Waals surface area contributed by atoms with Crippen molar-refractivity contribution in [3.05, 3.63) is 48.6 Å². The molecule has 1 N–H and O–H groups in total. The molecule has 0 amide bonds. The van der Waals surface area contributed by atoms with Gasteiger partial charge in [0.05, 0.1) is 27.7 Å². The zero-order valence-corrected chi connectivity index (χ0v) is 37.5. The molecule has 326 valence electrons. The van der Waals surface area contributed by atoms with Crippen molar-refractivity contribution in [2.24, 2.45) is 0 Å². The first-order valence-electron chi connectivity index (χ1n) is 22.4. The minimum atomic E-state index is -4.38. The summed E-state index contributed by atoms with van der Waals surface area (Å²) in [5.74, 6) is -0.843. The third-order valence-electron chi connectivity index (χ3n) is 9.33. The Balaban J connectivity index is 4.42. The molecule has 0 fully saturated rings. The average Bonchev–Trinajstić information content (AvgIpc) is 3.15. The average molecular weight is 811 g/mol. The molecule has 0 radical (unpaired) electrons. The molecule has 0 aliphatic carbocycles. The molecule has 0 aromatic carbocycles. The number of likely N-dealkylation sites (N-methyl/N-ethyl adjacent to an activating group) is 1. The molecule has 0 aliphatic rings. The van der Waals surface area contributed by atoms with Gasteiger partial charge in [0.25, 0.3) is 0 Å². The fourth-order valence-corrected chi connectivity index (χ4v) is 6.52. The van der Waals surface area contributed by atoms with Crippen LogP contribution < -0.4 is 0 Å². The Kier molecular flexibility index (Phi) is 37.1. The number of rotatable bonds is 40. The molecule has 0 aromatic heterocycles. The smallest absolute Gasteiger partial charge is 0.462 e. The van der Waals surface area contributed by atoms with Crippen LogP contribution in [0, 0.1) is 0 Å². The lowest BCUT2D eigenvalue weighted by molar-refractivity contribution is -0.870. The SMILES string of the molecule is CCCCC/C=C/C/C=C/C/C=C/CCCCCCC(=O)OC[C@H](COP(=O)(O)OCC[N+](C)(C)C)OC(=O)CCCCC/C=C/CCCCCCCCCC. The van der Waals surface area contributed by atoms with E-state index >= 15 is 0 Å². The van der Waals surface area contributed by atoms with E-state index in [1.165, 1.54) is 77.0 Å². The van der Waals surface area contributed by atoms with Gasteiger partial charge < -0.3 is 18.9 Å². The summed E-state index contributed by atoms with van der Waals surface area (Å²) in [5, 5.41) is 0. The first-order chi connectivity index (χ1) is 27.0. The number of nitrogens with zero attached hydrogens (tertiary/aromatic N) is 1. The van der Waals surface area contributed by atoms with Crippen LogP contribution in [0.5, 0.6) is 0 Å². The minimum absolute atomic E-state index is 0.0239. The van der Waals surface area contributed by atoms with E-state index in [-0.39, 0.29) is 26.1 Å². The van der Waals surface area contributed by atoms with E-state index < -0.39 is 32.5 Å². The van der Waals surface area contributed by atoms with E-state index in [9.17, 15) is 19.0 Å². The zero-order chi connectivity index (χ0) is 41.4. The molecule has 0 rings (SSSR count). The molecule has 0 bridgehead atoms. The predicted molar refractivity (Wildman–Crippen MR) is 233 cm³/mol. The number of esters is 2. The third-order valence-corrected chi connectivity index (χ3v) is 10.3. The Labute approximate surface area is 343 Å². The highest BCUT2D eigenvalue weighted by atomic mass is 31.2. The molecule has 0 aromatic rings. The summed E-state index contributed by atoms with van der Waals surface area (Å²) in [5.41, 5.74) is 0. The van der Waals surface area contributed by atoms with Gasteiger partial charge in [-0.2, -0.15) is 0 Å². The minimum Gasteiger partial charge on any atom is -0.462 e. The lowest BCUT2D eigenvalue weighted by Gasteiger charge is -2.24. The first-order valence-corrected chi connectivity index (χ1v) is 23.9. The Morgan fingerprint density at radius 2 is 0.964 bits per heavy atom. The van der Waals surface area contributed by atoms with E-state index in [2.05, 4.69) is 62.5 Å². The van der Waals surface area contributed by atoms with Crippen LogP contribution in [0.4, 0.5) is 0 Å². The monoisotopic (exact) mass is 811 g/mol. The van der Waals surface area contributed by atoms with E-state index in [1.54, 1.807) is 0 Å². The summed E-state index contributed by atoms with van der Waals surface area (Å²) < 4.78 is 34.3. The molecule has 10 heteroatoms. The Hall–Kier alpha value is -2.03. The second kappa shape index (κ2) is 38.5. The highest BCUT2D eigenvalue weighted by molar-refractivity contribution is 7.47. The number of hydrogen-bond donors (Lipinski definition) is 1. The summed E-state index contributed by atoms with van der Waals surface area (Å²) in [4.78, 5) is 35.4. The van der Waals surface area contributed by atoms with E-state index in [0.717, 1.165) is 64.2 Å². The molecule has 2 atom stereocenters. The van der Waals surface area contributed by atoms with Gasteiger partial charge >= 0.3 is 19.8 Å². The number of carbonyl (C=O) groups is 2. The number of unbranched alkanes of at least 4 members (excludes halogenated alkanes) is 18. The topological polar surface area (TPSA) is 108 Å². The fourth-order valence-electron chi connectivity index (χ4n) is 5.78. The maximum atomic E-state index is 12.7. The van der Waals surface area contributed by atoms with Gasteiger partial charge in [0, 0.05) is 12.8 Å². The van der Waals surface area contributed by atoms with Crippen molar-refractivity contribution in [3.63, 3.8) is 0 Å². The lowest BCUT2D eigenvalue weighted by atomic mass is 10.1. The summed E-state index contributed by atoms with van der Waals surface area (Å²) in [6, 6.07) is 0.